The first-order valence-corrected chi connectivity index (χ1v) is 9.01. The fourth-order valence-electron chi connectivity index (χ4n) is 3.51. The SMILES string of the molecule is COc1cc(C)c(NC(=O)C2c3ccccc3Oc3ccccc32)cc1OC. The predicted octanol–water partition coefficient (Wildman–Crippen LogP) is 4.89. The summed E-state index contributed by atoms with van der Waals surface area (Å²) in [6.07, 6.45) is 0. The zero-order valence-corrected chi connectivity index (χ0v) is 16.0. The lowest BCUT2D eigenvalue weighted by Crippen LogP contribution is -2.25. The maximum Gasteiger partial charge on any atom is 0.236 e. The van der Waals surface area contributed by atoms with Crippen LogP contribution in [0.15, 0.2) is 60.7 Å². The van der Waals surface area contributed by atoms with Crippen LogP contribution in [0, 0.1) is 6.92 Å². The number of para-hydroxylation sites is 2. The van der Waals surface area contributed by atoms with E-state index in [1.54, 1.807) is 20.3 Å². The Bertz CT molecular complexity index is 999. The average Bonchev–Trinajstić information content (AvgIpc) is 2.72. The molecule has 5 nitrogen and oxygen atoms in total. The molecule has 0 radical (unpaired) electrons. The topological polar surface area (TPSA) is 56.8 Å². The van der Waals surface area contributed by atoms with Crippen molar-refractivity contribution in [3.8, 4) is 23.0 Å². The van der Waals surface area contributed by atoms with Gasteiger partial charge >= 0.3 is 0 Å². The minimum Gasteiger partial charge on any atom is -0.493 e. The van der Waals surface area contributed by atoms with E-state index in [2.05, 4.69) is 5.32 Å². The van der Waals surface area contributed by atoms with Crippen LogP contribution in [0.1, 0.15) is 22.6 Å². The van der Waals surface area contributed by atoms with Gasteiger partial charge in [-0.15, -0.1) is 0 Å². The summed E-state index contributed by atoms with van der Waals surface area (Å²) in [5, 5.41) is 3.06. The van der Waals surface area contributed by atoms with E-state index in [1.807, 2.05) is 61.5 Å². The second-order valence-electron chi connectivity index (χ2n) is 6.62. The highest BCUT2D eigenvalue weighted by atomic mass is 16.5. The molecule has 0 saturated heterocycles. The summed E-state index contributed by atoms with van der Waals surface area (Å²) in [4.78, 5) is 13.4. The molecule has 4 rings (SSSR count). The average molecular weight is 375 g/mol. The van der Waals surface area contributed by atoms with Crippen LogP contribution >= 0.6 is 0 Å². The van der Waals surface area contributed by atoms with Crippen LogP contribution in [0.4, 0.5) is 5.69 Å². The van der Waals surface area contributed by atoms with Crippen LogP contribution in [0.25, 0.3) is 0 Å². The van der Waals surface area contributed by atoms with Gasteiger partial charge in [0.15, 0.2) is 11.5 Å². The van der Waals surface area contributed by atoms with Crippen molar-refractivity contribution in [2.24, 2.45) is 0 Å². The van der Waals surface area contributed by atoms with E-state index in [1.165, 1.54) is 0 Å². The van der Waals surface area contributed by atoms with Crippen LogP contribution in [-0.4, -0.2) is 20.1 Å². The van der Waals surface area contributed by atoms with Gasteiger partial charge in [0.25, 0.3) is 0 Å². The van der Waals surface area contributed by atoms with Gasteiger partial charge in [-0.05, 0) is 30.7 Å². The summed E-state index contributed by atoms with van der Waals surface area (Å²) in [6.45, 7) is 1.92. The van der Waals surface area contributed by atoms with Crippen molar-refractivity contribution in [3.63, 3.8) is 0 Å². The van der Waals surface area contributed by atoms with Gasteiger partial charge in [-0.2, -0.15) is 0 Å². The Labute approximate surface area is 163 Å². The number of carbonyl (C=O) groups excluding carboxylic acids is 1. The molecule has 0 saturated carbocycles. The summed E-state index contributed by atoms with van der Waals surface area (Å²) in [6, 6.07) is 18.9. The molecule has 142 valence electrons. The molecule has 1 aliphatic rings. The standard InChI is InChI=1S/C23H21NO4/c1-14-12-20(26-2)21(27-3)13-17(14)24-23(25)22-15-8-4-6-10-18(15)28-19-11-7-5-9-16(19)22/h4-13,22H,1-3H3,(H,24,25). The molecule has 0 bridgehead atoms. The van der Waals surface area contributed by atoms with Crippen molar-refractivity contribution >= 4 is 11.6 Å². The number of rotatable bonds is 4. The zero-order chi connectivity index (χ0) is 19.7. The van der Waals surface area contributed by atoms with Crippen LogP contribution in [0.3, 0.4) is 0 Å². The fourth-order valence-corrected chi connectivity index (χ4v) is 3.51. The van der Waals surface area contributed by atoms with Crippen molar-refractivity contribution in [1.29, 1.82) is 0 Å². The second-order valence-corrected chi connectivity index (χ2v) is 6.62. The predicted molar refractivity (Wildman–Crippen MR) is 108 cm³/mol. The zero-order valence-electron chi connectivity index (χ0n) is 16.0. The molecule has 0 aliphatic carbocycles. The Balaban J connectivity index is 1.73. The van der Waals surface area contributed by atoms with E-state index < -0.39 is 5.92 Å². The molecule has 3 aromatic carbocycles. The molecule has 0 aromatic heterocycles. The van der Waals surface area contributed by atoms with E-state index in [0.29, 0.717) is 28.7 Å². The molecule has 0 unspecified atom stereocenters. The first kappa shape index (κ1) is 17.9. The van der Waals surface area contributed by atoms with Gasteiger partial charge in [0, 0.05) is 22.9 Å². The number of aryl methyl sites for hydroxylation is 1. The molecule has 5 heteroatoms. The van der Waals surface area contributed by atoms with Crippen molar-refractivity contribution < 1.29 is 19.0 Å². The minimum absolute atomic E-state index is 0.126. The summed E-state index contributed by atoms with van der Waals surface area (Å²) in [5.74, 6) is 2.00. The third kappa shape index (κ3) is 3.05. The number of methoxy groups -OCH3 is 2. The van der Waals surface area contributed by atoms with Gasteiger partial charge < -0.3 is 19.5 Å². The second kappa shape index (κ2) is 7.27. The van der Waals surface area contributed by atoms with E-state index in [0.717, 1.165) is 16.7 Å². The number of benzene rings is 3. The summed E-state index contributed by atoms with van der Waals surface area (Å²) in [5.41, 5.74) is 3.26. The normalized spacial score (nSPS) is 12.4. The molecule has 1 heterocycles. The highest BCUT2D eigenvalue weighted by Gasteiger charge is 2.32. The monoisotopic (exact) mass is 375 g/mol. The number of ether oxygens (including phenoxy) is 3. The Morgan fingerprint density at radius 1 is 0.893 bits per heavy atom. The number of fused-ring (bicyclic) bond motifs is 2. The van der Waals surface area contributed by atoms with Crippen LogP contribution in [0.5, 0.6) is 23.0 Å². The minimum atomic E-state index is -0.464. The molecule has 0 atom stereocenters. The number of anilines is 1. The van der Waals surface area contributed by atoms with E-state index in [4.69, 9.17) is 14.2 Å². The number of carbonyl (C=O) groups is 1. The van der Waals surface area contributed by atoms with Gasteiger partial charge in [-0.3, -0.25) is 4.79 Å². The van der Waals surface area contributed by atoms with Gasteiger partial charge in [-0.1, -0.05) is 36.4 Å². The van der Waals surface area contributed by atoms with Crippen LogP contribution < -0.4 is 19.5 Å². The smallest absolute Gasteiger partial charge is 0.236 e. The first-order chi connectivity index (χ1) is 13.6. The fraction of sp³-hybridized carbons (Fsp3) is 0.174. The van der Waals surface area contributed by atoms with Gasteiger partial charge in [-0.25, -0.2) is 0 Å². The molecular formula is C23H21NO4. The quantitative estimate of drug-likeness (QED) is 0.705. The largest absolute Gasteiger partial charge is 0.493 e. The van der Waals surface area contributed by atoms with Gasteiger partial charge in [0.2, 0.25) is 5.91 Å². The Kier molecular flexibility index (Phi) is 4.65. The molecule has 28 heavy (non-hydrogen) atoms. The number of amides is 1. The van der Waals surface area contributed by atoms with Crippen molar-refractivity contribution in [1.82, 2.24) is 0 Å². The third-order valence-corrected chi connectivity index (χ3v) is 4.93. The molecule has 1 amide bonds. The molecule has 1 aliphatic heterocycles. The van der Waals surface area contributed by atoms with Gasteiger partial charge in [0.1, 0.15) is 11.5 Å². The molecular weight excluding hydrogens is 354 g/mol. The third-order valence-electron chi connectivity index (χ3n) is 4.93. The van der Waals surface area contributed by atoms with E-state index >= 15 is 0 Å². The summed E-state index contributed by atoms with van der Waals surface area (Å²) >= 11 is 0. The maximum atomic E-state index is 13.4. The van der Waals surface area contributed by atoms with Gasteiger partial charge in [0.05, 0.1) is 20.1 Å². The molecule has 1 N–H and O–H groups in total. The molecule has 0 fully saturated rings. The Morgan fingerprint density at radius 3 is 2.00 bits per heavy atom. The lowest BCUT2D eigenvalue weighted by Gasteiger charge is -2.27. The lowest BCUT2D eigenvalue weighted by molar-refractivity contribution is -0.116. The van der Waals surface area contributed by atoms with Crippen molar-refractivity contribution in [3.05, 3.63) is 77.4 Å². The molecule has 3 aromatic rings. The summed E-state index contributed by atoms with van der Waals surface area (Å²) in [7, 11) is 3.16. The van der Waals surface area contributed by atoms with Crippen molar-refractivity contribution in [2.75, 3.05) is 19.5 Å². The highest BCUT2D eigenvalue weighted by Crippen LogP contribution is 2.44. The van der Waals surface area contributed by atoms with Crippen LogP contribution in [-0.2, 0) is 4.79 Å². The summed E-state index contributed by atoms with van der Waals surface area (Å²) < 4.78 is 16.7. The Hall–Kier alpha value is -3.47. The van der Waals surface area contributed by atoms with E-state index in [-0.39, 0.29) is 5.91 Å². The van der Waals surface area contributed by atoms with E-state index in [9.17, 15) is 4.79 Å². The number of hydrogen-bond donors (Lipinski definition) is 1. The van der Waals surface area contributed by atoms with Crippen molar-refractivity contribution in [2.45, 2.75) is 12.8 Å². The maximum absolute atomic E-state index is 13.4. The Morgan fingerprint density at radius 2 is 1.43 bits per heavy atom. The van der Waals surface area contributed by atoms with Crippen LogP contribution in [0.2, 0.25) is 0 Å². The number of nitrogens with one attached hydrogen (secondary N) is 1. The number of hydrogen-bond acceptors (Lipinski definition) is 4. The lowest BCUT2D eigenvalue weighted by atomic mass is 9.87. The molecule has 0 spiro atoms. The first-order valence-electron chi connectivity index (χ1n) is 9.01. The highest BCUT2D eigenvalue weighted by molar-refractivity contribution is 6.00.